The molecule has 0 aliphatic rings. The molecule has 10 heavy (non-hydrogen) atoms. The maximum absolute atomic E-state index is 4.10. The molecule has 1 aromatic heterocycles. The summed E-state index contributed by atoms with van der Waals surface area (Å²) in [6, 6.07) is 0. The van der Waals surface area contributed by atoms with E-state index in [2.05, 4.69) is 16.5 Å². The summed E-state index contributed by atoms with van der Waals surface area (Å²) in [7, 11) is 0. The van der Waals surface area contributed by atoms with Crippen LogP contribution in [0.2, 0.25) is 0 Å². The lowest BCUT2D eigenvalue weighted by molar-refractivity contribution is 1.05. The molecule has 1 N–H and O–H groups in total. The number of rotatable bonds is 2. The zero-order chi connectivity index (χ0) is 7.56. The van der Waals surface area contributed by atoms with Gasteiger partial charge < -0.3 is 4.98 Å². The number of allylic oxidation sites excluding steroid dienone is 1. The molecular formula is C7H10N2S. The minimum atomic E-state index is 0.921. The van der Waals surface area contributed by atoms with Gasteiger partial charge in [0.05, 0.1) is 0 Å². The number of aromatic amines is 1. The zero-order valence-electron chi connectivity index (χ0n) is 6.14. The highest BCUT2D eigenvalue weighted by atomic mass is 32.2. The number of nitrogens with zero attached hydrogens (tertiary/aromatic N) is 1. The van der Waals surface area contributed by atoms with Gasteiger partial charge in [0, 0.05) is 11.9 Å². The number of hydrogen-bond donors (Lipinski definition) is 1. The third-order valence-corrected chi connectivity index (χ3v) is 1.70. The van der Waals surface area contributed by atoms with Crippen molar-refractivity contribution in [3.63, 3.8) is 0 Å². The first-order valence-electron chi connectivity index (χ1n) is 3.03. The van der Waals surface area contributed by atoms with E-state index in [1.54, 1.807) is 11.8 Å². The fourth-order valence-corrected chi connectivity index (χ4v) is 1.25. The standard InChI is InChI=1S/C7H10N2S/c1-5(2)10-7-8-4-6(3)9-7/h4H,1H2,2-3H3,(H,8,9). The average molecular weight is 154 g/mol. The van der Waals surface area contributed by atoms with Crippen LogP contribution in [0.1, 0.15) is 12.6 Å². The minimum Gasteiger partial charge on any atom is -0.337 e. The van der Waals surface area contributed by atoms with Gasteiger partial charge in [-0.3, -0.25) is 0 Å². The summed E-state index contributed by atoms with van der Waals surface area (Å²) in [4.78, 5) is 8.25. The van der Waals surface area contributed by atoms with E-state index in [-0.39, 0.29) is 0 Å². The van der Waals surface area contributed by atoms with Gasteiger partial charge in [0.2, 0.25) is 0 Å². The van der Waals surface area contributed by atoms with E-state index in [9.17, 15) is 0 Å². The number of aromatic nitrogens is 2. The maximum Gasteiger partial charge on any atom is 0.170 e. The molecule has 0 aliphatic heterocycles. The molecule has 3 heteroatoms. The highest BCUT2D eigenvalue weighted by molar-refractivity contribution is 8.02. The maximum atomic E-state index is 4.10. The summed E-state index contributed by atoms with van der Waals surface area (Å²) in [6.45, 7) is 7.71. The predicted octanol–water partition coefficient (Wildman–Crippen LogP) is 2.34. The lowest BCUT2D eigenvalue weighted by atomic mass is 10.6. The highest BCUT2D eigenvalue weighted by Crippen LogP contribution is 2.20. The van der Waals surface area contributed by atoms with Crippen molar-refractivity contribution in [2.45, 2.75) is 19.0 Å². The predicted molar refractivity (Wildman–Crippen MR) is 44.0 cm³/mol. The van der Waals surface area contributed by atoms with Crippen LogP contribution in [0.5, 0.6) is 0 Å². The molecule has 0 saturated heterocycles. The smallest absolute Gasteiger partial charge is 0.170 e. The molecule has 0 unspecified atom stereocenters. The lowest BCUT2D eigenvalue weighted by Crippen LogP contribution is -1.72. The van der Waals surface area contributed by atoms with Gasteiger partial charge in [0.1, 0.15) is 0 Å². The number of H-pyrrole nitrogens is 1. The zero-order valence-corrected chi connectivity index (χ0v) is 6.96. The van der Waals surface area contributed by atoms with Crippen LogP contribution in [-0.2, 0) is 0 Å². The van der Waals surface area contributed by atoms with Gasteiger partial charge in [-0.2, -0.15) is 0 Å². The molecule has 2 nitrogen and oxygen atoms in total. The van der Waals surface area contributed by atoms with E-state index in [1.165, 1.54) is 0 Å². The van der Waals surface area contributed by atoms with Gasteiger partial charge in [-0.1, -0.05) is 18.3 Å². The van der Waals surface area contributed by atoms with Crippen LogP contribution in [0.4, 0.5) is 0 Å². The van der Waals surface area contributed by atoms with E-state index in [4.69, 9.17) is 0 Å². The molecular weight excluding hydrogens is 144 g/mol. The Morgan fingerprint density at radius 3 is 2.90 bits per heavy atom. The van der Waals surface area contributed by atoms with Crippen molar-refractivity contribution in [2.75, 3.05) is 0 Å². The Kier molecular flexibility index (Phi) is 2.17. The van der Waals surface area contributed by atoms with Crippen molar-refractivity contribution in [1.29, 1.82) is 0 Å². The molecule has 0 aliphatic carbocycles. The van der Waals surface area contributed by atoms with Crippen molar-refractivity contribution < 1.29 is 0 Å². The monoisotopic (exact) mass is 154 g/mol. The fourth-order valence-electron chi connectivity index (χ4n) is 0.606. The third-order valence-electron chi connectivity index (χ3n) is 0.950. The van der Waals surface area contributed by atoms with Crippen molar-refractivity contribution in [2.24, 2.45) is 0 Å². The fraction of sp³-hybridized carbons (Fsp3) is 0.286. The molecule has 0 atom stereocenters. The molecule has 0 radical (unpaired) electrons. The van der Waals surface area contributed by atoms with E-state index < -0.39 is 0 Å². The third kappa shape index (κ3) is 1.92. The molecule has 54 valence electrons. The average Bonchev–Trinajstić information content (AvgIpc) is 2.13. The molecule has 1 rings (SSSR count). The first kappa shape index (κ1) is 7.41. The van der Waals surface area contributed by atoms with Gasteiger partial charge in [-0.15, -0.1) is 0 Å². The number of nitrogens with one attached hydrogen (secondary N) is 1. The largest absolute Gasteiger partial charge is 0.337 e. The number of imidazole rings is 1. The number of aryl methyl sites for hydroxylation is 1. The lowest BCUT2D eigenvalue weighted by Gasteiger charge is -1.91. The van der Waals surface area contributed by atoms with E-state index in [0.29, 0.717) is 0 Å². The van der Waals surface area contributed by atoms with Gasteiger partial charge >= 0.3 is 0 Å². The van der Waals surface area contributed by atoms with Gasteiger partial charge in [-0.25, -0.2) is 4.98 Å². The summed E-state index contributed by atoms with van der Waals surface area (Å²) in [6.07, 6.45) is 1.81. The normalized spacial score (nSPS) is 9.80. The van der Waals surface area contributed by atoms with E-state index in [1.807, 2.05) is 20.0 Å². The summed E-state index contributed by atoms with van der Waals surface area (Å²) in [5.74, 6) is 0. The topological polar surface area (TPSA) is 28.7 Å². The van der Waals surface area contributed by atoms with E-state index >= 15 is 0 Å². The Hall–Kier alpha value is -0.700. The second-order valence-corrected chi connectivity index (χ2v) is 3.46. The van der Waals surface area contributed by atoms with Crippen LogP contribution in [0, 0.1) is 6.92 Å². The molecule has 0 bridgehead atoms. The Morgan fingerprint density at radius 2 is 2.50 bits per heavy atom. The molecule has 0 fully saturated rings. The van der Waals surface area contributed by atoms with Crippen molar-refractivity contribution >= 4 is 11.8 Å². The summed E-state index contributed by atoms with van der Waals surface area (Å²) in [5, 5.41) is 0.921. The molecule has 1 aromatic rings. The Bertz CT molecular complexity index is 240. The Balaban J connectivity index is 2.67. The van der Waals surface area contributed by atoms with Crippen molar-refractivity contribution in [1.82, 2.24) is 9.97 Å². The summed E-state index contributed by atoms with van der Waals surface area (Å²) < 4.78 is 0. The van der Waals surface area contributed by atoms with Gasteiger partial charge in [-0.05, 0) is 18.8 Å². The first-order valence-corrected chi connectivity index (χ1v) is 3.85. The highest BCUT2D eigenvalue weighted by Gasteiger charge is 1.96. The van der Waals surface area contributed by atoms with Crippen LogP contribution >= 0.6 is 11.8 Å². The molecule has 0 aromatic carbocycles. The van der Waals surface area contributed by atoms with Gasteiger partial charge in [0.25, 0.3) is 0 Å². The van der Waals surface area contributed by atoms with Crippen LogP contribution in [0.3, 0.4) is 0 Å². The van der Waals surface area contributed by atoms with Crippen molar-refractivity contribution in [3.05, 3.63) is 23.4 Å². The quantitative estimate of drug-likeness (QED) is 0.662. The van der Waals surface area contributed by atoms with E-state index in [0.717, 1.165) is 15.8 Å². The van der Waals surface area contributed by atoms with Crippen LogP contribution in [0.25, 0.3) is 0 Å². The van der Waals surface area contributed by atoms with Crippen LogP contribution in [-0.4, -0.2) is 9.97 Å². The second kappa shape index (κ2) is 2.92. The SMILES string of the molecule is C=C(C)Sc1ncc(C)[nH]1. The molecule has 1 heterocycles. The molecule has 0 spiro atoms. The number of thioether (sulfide) groups is 1. The Labute approximate surface area is 64.8 Å². The Morgan fingerprint density at radius 1 is 1.80 bits per heavy atom. The summed E-state index contributed by atoms with van der Waals surface area (Å²) >= 11 is 1.56. The molecule has 0 saturated carbocycles. The number of hydrogen-bond acceptors (Lipinski definition) is 2. The second-order valence-electron chi connectivity index (χ2n) is 2.18. The minimum absolute atomic E-state index is 0.921. The van der Waals surface area contributed by atoms with Gasteiger partial charge in [0.15, 0.2) is 5.16 Å². The summed E-state index contributed by atoms with van der Waals surface area (Å²) in [5.41, 5.74) is 1.09. The van der Waals surface area contributed by atoms with Crippen LogP contribution in [0.15, 0.2) is 22.8 Å². The first-order chi connectivity index (χ1) is 4.68. The van der Waals surface area contributed by atoms with Crippen molar-refractivity contribution in [3.8, 4) is 0 Å². The van der Waals surface area contributed by atoms with Crippen LogP contribution < -0.4 is 0 Å². The molecule has 0 amide bonds.